The van der Waals surface area contributed by atoms with Crippen molar-refractivity contribution >= 4 is 28.3 Å². The van der Waals surface area contributed by atoms with Crippen molar-refractivity contribution in [2.24, 2.45) is 5.92 Å². The van der Waals surface area contributed by atoms with Crippen molar-refractivity contribution in [1.29, 1.82) is 0 Å². The summed E-state index contributed by atoms with van der Waals surface area (Å²) in [6, 6.07) is 21.4. The number of benzene rings is 2. The molecule has 2 saturated heterocycles. The highest BCUT2D eigenvalue weighted by atomic mass is 19.1. The summed E-state index contributed by atoms with van der Waals surface area (Å²) in [7, 11) is 0. The summed E-state index contributed by atoms with van der Waals surface area (Å²) >= 11 is 0. The van der Waals surface area contributed by atoms with Crippen molar-refractivity contribution < 1.29 is 9.18 Å². The van der Waals surface area contributed by atoms with Gasteiger partial charge in [-0.05, 0) is 54.8 Å². The SMILES string of the molecule is O=C(C1CCN(c2nccc3c2ccn3Cc2ccccc2)CC1)N1CCN(c2ccc(F)cc2)CC1. The Hall–Kier alpha value is -3.87. The first kappa shape index (κ1) is 23.5. The standard InChI is InChI=1S/C30H32FN5O/c31-25-6-8-26(9-7-25)33-18-20-35(21-19-33)30(37)24-11-15-34(16-12-24)29-27-13-17-36(28(27)10-14-32-29)22-23-4-2-1-3-5-23/h1-10,13-14,17,24H,11-12,15-16,18-22H2. The fourth-order valence-electron chi connectivity index (χ4n) is 5.71. The number of piperidine rings is 1. The molecular formula is C30H32FN5O. The summed E-state index contributed by atoms with van der Waals surface area (Å²) in [5.41, 5.74) is 3.48. The monoisotopic (exact) mass is 497 g/mol. The summed E-state index contributed by atoms with van der Waals surface area (Å²) in [6.45, 7) is 5.49. The van der Waals surface area contributed by atoms with Crippen LogP contribution >= 0.6 is 0 Å². The maximum atomic E-state index is 13.3. The molecule has 2 aliphatic heterocycles. The Bertz CT molecular complexity index is 1350. The molecule has 0 N–H and O–H groups in total. The van der Waals surface area contributed by atoms with Crippen LogP contribution in [-0.4, -0.2) is 59.6 Å². The Balaban J connectivity index is 1.07. The number of piperazine rings is 1. The fourth-order valence-corrected chi connectivity index (χ4v) is 5.71. The first-order valence-electron chi connectivity index (χ1n) is 13.2. The zero-order valence-corrected chi connectivity index (χ0v) is 21.0. The minimum absolute atomic E-state index is 0.0653. The van der Waals surface area contributed by atoms with Crippen LogP contribution in [0.5, 0.6) is 0 Å². The molecule has 0 saturated carbocycles. The number of aromatic nitrogens is 2. The third kappa shape index (κ3) is 4.90. The number of carbonyl (C=O) groups excluding carboxylic acids is 1. The summed E-state index contributed by atoms with van der Waals surface area (Å²) in [5, 5.41) is 1.17. The lowest BCUT2D eigenvalue weighted by atomic mass is 9.94. The fraction of sp³-hybridized carbons (Fsp3) is 0.333. The highest BCUT2D eigenvalue weighted by Gasteiger charge is 2.31. The number of fused-ring (bicyclic) bond motifs is 1. The highest BCUT2D eigenvalue weighted by molar-refractivity contribution is 5.91. The lowest BCUT2D eigenvalue weighted by molar-refractivity contribution is -0.136. The van der Waals surface area contributed by atoms with Crippen LogP contribution in [-0.2, 0) is 11.3 Å². The minimum atomic E-state index is -0.222. The number of hydrogen-bond donors (Lipinski definition) is 0. The maximum absolute atomic E-state index is 13.3. The largest absolute Gasteiger partial charge is 0.368 e. The Morgan fingerprint density at radius 1 is 0.838 bits per heavy atom. The predicted molar refractivity (Wildman–Crippen MR) is 145 cm³/mol. The van der Waals surface area contributed by atoms with Crippen molar-refractivity contribution in [2.45, 2.75) is 19.4 Å². The van der Waals surface area contributed by atoms with E-state index in [1.807, 2.05) is 29.3 Å². The molecule has 1 amide bonds. The van der Waals surface area contributed by atoms with E-state index in [2.05, 4.69) is 57.0 Å². The second-order valence-corrected chi connectivity index (χ2v) is 10.0. The number of amides is 1. The first-order chi connectivity index (χ1) is 18.2. The molecule has 0 atom stereocenters. The van der Waals surface area contributed by atoms with E-state index in [9.17, 15) is 9.18 Å². The van der Waals surface area contributed by atoms with Crippen LogP contribution in [0.4, 0.5) is 15.9 Å². The molecule has 0 unspecified atom stereocenters. The number of halogens is 1. The lowest BCUT2D eigenvalue weighted by Gasteiger charge is -2.39. The predicted octanol–water partition coefficient (Wildman–Crippen LogP) is 4.79. The summed E-state index contributed by atoms with van der Waals surface area (Å²) in [5.74, 6) is 1.14. The molecule has 190 valence electrons. The molecule has 0 bridgehead atoms. The van der Waals surface area contributed by atoms with E-state index in [4.69, 9.17) is 4.98 Å². The van der Waals surface area contributed by atoms with Gasteiger partial charge in [0.2, 0.25) is 5.91 Å². The average Bonchev–Trinajstić information content (AvgIpc) is 3.37. The van der Waals surface area contributed by atoms with Gasteiger partial charge in [-0.25, -0.2) is 9.37 Å². The van der Waals surface area contributed by atoms with Crippen molar-refractivity contribution in [1.82, 2.24) is 14.5 Å². The van der Waals surface area contributed by atoms with E-state index in [0.717, 1.165) is 57.1 Å². The average molecular weight is 498 g/mol. The second-order valence-electron chi connectivity index (χ2n) is 10.0. The smallest absolute Gasteiger partial charge is 0.225 e. The maximum Gasteiger partial charge on any atom is 0.225 e. The van der Waals surface area contributed by atoms with E-state index >= 15 is 0 Å². The molecule has 4 aromatic rings. The van der Waals surface area contributed by atoms with Crippen LogP contribution in [0.1, 0.15) is 18.4 Å². The van der Waals surface area contributed by atoms with Gasteiger partial charge in [-0.1, -0.05) is 30.3 Å². The molecule has 2 aromatic heterocycles. The third-order valence-electron chi connectivity index (χ3n) is 7.80. The van der Waals surface area contributed by atoms with Gasteiger partial charge in [-0.15, -0.1) is 0 Å². The number of nitrogens with zero attached hydrogens (tertiary/aromatic N) is 5. The van der Waals surface area contributed by atoms with Crippen LogP contribution in [0, 0.1) is 11.7 Å². The molecule has 2 aromatic carbocycles. The molecule has 37 heavy (non-hydrogen) atoms. The van der Waals surface area contributed by atoms with Gasteiger partial charge in [-0.3, -0.25) is 4.79 Å². The molecular weight excluding hydrogens is 465 g/mol. The van der Waals surface area contributed by atoms with Crippen LogP contribution in [0.25, 0.3) is 10.9 Å². The molecule has 0 spiro atoms. The van der Waals surface area contributed by atoms with E-state index in [1.165, 1.54) is 28.6 Å². The van der Waals surface area contributed by atoms with Gasteiger partial charge >= 0.3 is 0 Å². The third-order valence-corrected chi connectivity index (χ3v) is 7.80. The van der Waals surface area contributed by atoms with E-state index < -0.39 is 0 Å². The number of anilines is 2. The molecule has 6 nitrogen and oxygen atoms in total. The van der Waals surface area contributed by atoms with Gasteiger partial charge in [0, 0.05) is 75.2 Å². The Kier molecular flexibility index (Phi) is 6.51. The van der Waals surface area contributed by atoms with Crippen LogP contribution in [0.2, 0.25) is 0 Å². The van der Waals surface area contributed by atoms with Crippen molar-refractivity contribution in [3.63, 3.8) is 0 Å². The molecule has 0 aliphatic carbocycles. The molecule has 2 aliphatic rings. The normalized spacial score (nSPS) is 16.9. The van der Waals surface area contributed by atoms with Gasteiger partial charge in [0.15, 0.2) is 0 Å². The number of hydrogen-bond acceptors (Lipinski definition) is 4. The Labute approximate surface area is 216 Å². The lowest BCUT2D eigenvalue weighted by Crippen LogP contribution is -2.51. The zero-order chi connectivity index (χ0) is 25.2. The molecule has 6 rings (SSSR count). The van der Waals surface area contributed by atoms with E-state index in [0.29, 0.717) is 13.1 Å². The molecule has 0 radical (unpaired) electrons. The van der Waals surface area contributed by atoms with Crippen LogP contribution in [0.3, 0.4) is 0 Å². The Morgan fingerprint density at radius 2 is 1.57 bits per heavy atom. The molecule has 2 fully saturated rings. The zero-order valence-electron chi connectivity index (χ0n) is 21.0. The highest BCUT2D eigenvalue weighted by Crippen LogP contribution is 2.30. The Morgan fingerprint density at radius 3 is 2.30 bits per heavy atom. The van der Waals surface area contributed by atoms with Gasteiger partial charge in [0.1, 0.15) is 11.6 Å². The quantitative estimate of drug-likeness (QED) is 0.398. The van der Waals surface area contributed by atoms with Gasteiger partial charge in [0.25, 0.3) is 0 Å². The van der Waals surface area contributed by atoms with Crippen LogP contribution < -0.4 is 9.80 Å². The first-order valence-corrected chi connectivity index (χ1v) is 13.2. The topological polar surface area (TPSA) is 44.6 Å². The van der Waals surface area contributed by atoms with Crippen molar-refractivity contribution in [3.05, 3.63) is 90.5 Å². The number of carbonyl (C=O) groups is 1. The van der Waals surface area contributed by atoms with E-state index in [-0.39, 0.29) is 17.6 Å². The summed E-state index contributed by atoms with van der Waals surface area (Å²) in [4.78, 5) is 24.6. The summed E-state index contributed by atoms with van der Waals surface area (Å²) in [6.07, 6.45) is 5.74. The van der Waals surface area contributed by atoms with Crippen LogP contribution in [0.15, 0.2) is 79.1 Å². The minimum Gasteiger partial charge on any atom is -0.368 e. The van der Waals surface area contributed by atoms with Crippen molar-refractivity contribution in [2.75, 3.05) is 49.1 Å². The van der Waals surface area contributed by atoms with Crippen molar-refractivity contribution in [3.8, 4) is 0 Å². The summed E-state index contributed by atoms with van der Waals surface area (Å²) < 4.78 is 15.5. The number of rotatable bonds is 5. The number of pyridine rings is 1. The molecule has 4 heterocycles. The van der Waals surface area contributed by atoms with Gasteiger partial charge < -0.3 is 19.3 Å². The van der Waals surface area contributed by atoms with Gasteiger partial charge in [0.05, 0.1) is 5.52 Å². The van der Waals surface area contributed by atoms with E-state index in [1.54, 1.807) is 0 Å². The molecule has 7 heteroatoms. The second kappa shape index (κ2) is 10.2. The van der Waals surface area contributed by atoms with Gasteiger partial charge in [-0.2, -0.15) is 0 Å².